The van der Waals surface area contributed by atoms with Crippen LogP contribution in [-0.2, 0) is 49.5 Å². The van der Waals surface area contributed by atoms with Gasteiger partial charge < -0.3 is 42.7 Å². The fourth-order valence-electron chi connectivity index (χ4n) is 4.51. The predicted octanol–water partition coefficient (Wildman–Crippen LogP) is 2.54. The molecular weight excluding hydrogens is 584 g/mol. The van der Waals surface area contributed by atoms with E-state index in [0.29, 0.717) is 0 Å². The maximum absolute atomic E-state index is 12.4. The van der Waals surface area contributed by atoms with Gasteiger partial charge in [0.05, 0.1) is 5.39 Å². The Balaban J connectivity index is 1.69. The smallest absolute Gasteiger partial charge is 0.382 e. The molecule has 0 amide bonds. The number of benzene rings is 2. The average molecular weight is 615 g/mol. The summed E-state index contributed by atoms with van der Waals surface area (Å²) in [5, 5.41) is 10.6. The van der Waals surface area contributed by atoms with Gasteiger partial charge in [-0.2, -0.15) is 0 Å². The maximum Gasteiger partial charge on any atom is 0.382 e. The van der Waals surface area contributed by atoms with Crippen molar-refractivity contribution < 1.29 is 61.9 Å². The minimum atomic E-state index is -1.51. The normalized spacial score (nSPS) is 21.1. The fraction of sp³-hybridized carbons (Fsp3) is 0.367. The van der Waals surface area contributed by atoms with Gasteiger partial charge in [-0.05, 0) is 17.7 Å². The zero-order valence-electron chi connectivity index (χ0n) is 24.2. The van der Waals surface area contributed by atoms with Crippen molar-refractivity contribution in [2.24, 2.45) is 0 Å². The molecule has 14 nitrogen and oxygen atoms in total. The molecule has 3 aromatic rings. The van der Waals surface area contributed by atoms with Crippen LogP contribution in [0.1, 0.15) is 33.3 Å². The van der Waals surface area contributed by atoms with E-state index in [4.69, 9.17) is 37.6 Å². The summed E-state index contributed by atoms with van der Waals surface area (Å²) in [4.78, 5) is 60.0. The quantitative estimate of drug-likeness (QED) is 0.200. The van der Waals surface area contributed by atoms with Crippen molar-refractivity contribution in [3.63, 3.8) is 0 Å². The van der Waals surface area contributed by atoms with Crippen molar-refractivity contribution in [3.8, 4) is 17.2 Å². The second-order valence-electron chi connectivity index (χ2n) is 9.68. The lowest BCUT2D eigenvalue weighted by atomic mass is 9.98. The van der Waals surface area contributed by atoms with Crippen molar-refractivity contribution in [3.05, 3.63) is 64.5 Å². The number of hydrogen-bond donors (Lipinski definition) is 1. The number of carbonyl (C=O) groups is 4. The molecule has 0 radical (unpaired) electrons. The molecule has 1 aromatic heterocycles. The Hall–Kier alpha value is -5.11. The van der Waals surface area contributed by atoms with Gasteiger partial charge in [-0.25, -0.2) is 4.79 Å². The second-order valence-corrected chi connectivity index (χ2v) is 9.68. The minimum Gasteiger partial charge on any atom is -0.499 e. The van der Waals surface area contributed by atoms with Crippen LogP contribution in [0.3, 0.4) is 0 Å². The summed E-state index contributed by atoms with van der Waals surface area (Å²) in [6, 6.07) is 13.3. The molecule has 1 aliphatic heterocycles. The number of esters is 4. The molecule has 4 rings (SSSR count). The first-order chi connectivity index (χ1) is 20.9. The molecule has 0 unspecified atom stereocenters. The van der Waals surface area contributed by atoms with Crippen molar-refractivity contribution in [1.29, 1.82) is 0 Å². The molecule has 1 N–H and O–H groups in total. The molecule has 1 fully saturated rings. The van der Waals surface area contributed by atoms with Gasteiger partial charge in [-0.1, -0.05) is 30.3 Å². The SMILES string of the molecule is CC(=O)OC[C@H]1O[C@@H](Oc2ccc3c(OCc4ccccc4)c(O)c(=O)oc3c2)[C@H](OC(C)=O)[C@@H](OC(C)=O)[C@H]1OC(C)=O. The number of fused-ring (bicyclic) bond motifs is 1. The van der Waals surface area contributed by atoms with Crippen LogP contribution in [0.25, 0.3) is 11.0 Å². The molecule has 0 bridgehead atoms. The highest BCUT2D eigenvalue weighted by molar-refractivity contribution is 5.86. The zero-order valence-corrected chi connectivity index (χ0v) is 24.2. The Labute approximate surface area is 250 Å². The average Bonchev–Trinajstić information content (AvgIpc) is 2.95. The maximum atomic E-state index is 12.4. The highest BCUT2D eigenvalue weighted by Crippen LogP contribution is 2.36. The molecule has 5 atom stereocenters. The number of ether oxygens (including phenoxy) is 7. The van der Waals surface area contributed by atoms with Gasteiger partial charge in [-0.3, -0.25) is 19.2 Å². The van der Waals surface area contributed by atoms with Crippen molar-refractivity contribution >= 4 is 34.8 Å². The first-order valence-electron chi connectivity index (χ1n) is 13.4. The molecule has 0 aliphatic carbocycles. The second kappa shape index (κ2) is 13.9. The van der Waals surface area contributed by atoms with Gasteiger partial charge in [0.15, 0.2) is 18.0 Å². The van der Waals surface area contributed by atoms with Crippen LogP contribution < -0.4 is 15.1 Å². The molecule has 1 saturated heterocycles. The molecule has 234 valence electrons. The van der Waals surface area contributed by atoms with Gasteiger partial charge >= 0.3 is 29.5 Å². The monoisotopic (exact) mass is 614 g/mol. The molecule has 1 aliphatic rings. The summed E-state index contributed by atoms with van der Waals surface area (Å²) in [5.74, 6) is -3.85. The molecule has 2 aromatic carbocycles. The number of carbonyl (C=O) groups excluding carboxylic acids is 4. The summed E-state index contributed by atoms with van der Waals surface area (Å²) >= 11 is 0. The van der Waals surface area contributed by atoms with Crippen LogP contribution in [0.4, 0.5) is 0 Å². The Morgan fingerprint density at radius 3 is 2.09 bits per heavy atom. The first-order valence-corrected chi connectivity index (χ1v) is 13.4. The lowest BCUT2D eigenvalue weighted by Crippen LogP contribution is -2.63. The van der Waals surface area contributed by atoms with Crippen molar-refractivity contribution in [1.82, 2.24) is 0 Å². The summed E-state index contributed by atoms with van der Waals surface area (Å²) in [7, 11) is 0. The van der Waals surface area contributed by atoms with Crippen LogP contribution in [0, 0.1) is 0 Å². The van der Waals surface area contributed by atoms with Crippen molar-refractivity contribution in [2.75, 3.05) is 6.61 Å². The molecule has 2 heterocycles. The summed E-state index contributed by atoms with van der Waals surface area (Å²) in [6.45, 7) is 4.07. The van der Waals surface area contributed by atoms with Crippen LogP contribution in [0.2, 0.25) is 0 Å². The van der Waals surface area contributed by atoms with Crippen LogP contribution in [0.15, 0.2) is 57.7 Å². The first kappa shape index (κ1) is 31.8. The van der Waals surface area contributed by atoms with E-state index in [1.54, 1.807) is 0 Å². The third-order valence-corrected chi connectivity index (χ3v) is 6.24. The van der Waals surface area contributed by atoms with E-state index in [9.17, 15) is 29.1 Å². The standard InChI is InChI=1S/C30H30O14/c1-15(31)37-14-23-26(39-16(2)32)27(40-17(3)33)28(41-18(4)34)30(44-23)42-20-10-11-21-22(12-20)43-29(36)24(35)25(21)38-13-19-8-6-5-7-9-19/h5-12,23,26-28,30,35H,13-14H2,1-4H3/t23-,26+,27+,28-,30-/m1/s1. The lowest BCUT2D eigenvalue weighted by molar-refractivity contribution is -0.288. The highest BCUT2D eigenvalue weighted by atomic mass is 16.7. The zero-order chi connectivity index (χ0) is 32.0. The van der Waals surface area contributed by atoms with Gasteiger partial charge in [0.2, 0.25) is 18.1 Å². The van der Waals surface area contributed by atoms with E-state index in [2.05, 4.69) is 0 Å². The topological polar surface area (TPSA) is 183 Å². The van der Waals surface area contributed by atoms with Gasteiger partial charge in [0.1, 0.15) is 30.7 Å². The van der Waals surface area contributed by atoms with E-state index in [1.807, 2.05) is 30.3 Å². The van der Waals surface area contributed by atoms with Gasteiger partial charge in [0.25, 0.3) is 0 Å². The van der Waals surface area contributed by atoms with E-state index in [1.165, 1.54) is 18.2 Å². The van der Waals surface area contributed by atoms with Crippen molar-refractivity contribution in [2.45, 2.75) is 65.0 Å². The minimum absolute atomic E-state index is 0.0287. The Morgan fingerprint density at radius 2 is 1.45 bits per heavy atom. The predicted molar refractivity (Wildman–Crippen MR) is 148 cm³/mol. The van der Waals surface area contributed by atoms with Crippen LogP contribution in [0.5, 0.6) is 17.2 Å². The Morgan fingerprint density at radius 1 is 0.818 bits per heavy atom. The summed E-state index contributed by atoms with van der Waals surface area (Å²) in [6.07, 6.45) is -7.00. The number of hydrogen-bond acceptors (Lipinski definition) is 14. The lowest BCUT2D eigenvalue weighted by Gasteiger charge is -2.43. The third-order valence-electron chi connectivity index (χ3n) is 6.24. The largest absolute Gasteiger partial charge is 0.499 e. The van der Waals surface area contributed by atoms with Gasteiger partial charge in [0, 0.05) is 33.8 Å². The summed E-state index contributed by atoms with van der Waals surface area (Å²) in [5.41, 5.74) is -0.305. The Bertz CT molecular complexity index is 1580. The molecule has 0 spiro atoms. The molecule has 44 heavy (non-hydrogen) atoms. The highest BCUT2D eigenvalue weighted by Gasteiger charge is 2.53. The molecule has 0 saturated carbocycles. The van der Waals surface area contributed by atoms with Gasteiger partial charge in [-0.15, -0.1) is 0 Å². The van der Waals surface area contributed by atoms with Crippen LogP contribution >= 0.6 is 0 Å². The fourth-order valence-corrected chi connectivity index (χ4v) is 4.51. The third kappa shape index (κ3) is 7.83. The molecule has 14 heteroatoms. The molecular formula is C30H30O14. The van der Waals surface area contributed by atoms with E-state index in [-0.39, 0.29) is 29.1 Å². The number of rotatable bonds is 10. The van der Waals surface area contributed by atoms with E-state index >= 15 is 0 Å². The Kier molecular flexibility index (Phi) is 10.1. The summed E-state index contributed by atoms with van der Waals surface area (Å²) < 4.78 is 44.1. The number of aromatic hydroxyl groups is 1. The van der Waals surface area contributed by atoms with E-state index < -0.39 is 72.6 Å². The van der Waals surface area contributed by atoms with E-state index in [0.717, 1.165) is 33.3 Å². The van der Waals surface area contributed by atoms with Crippen LogP contribution in [-0.4, -0.2) is 66.3 Å².